The van der Waals surface area contributed by atoms with Crippen molar-refractivity contribution in [3.63, 3.8) is 0 Å². The molecular formula is C19H23N3O5. The number of methoxy groups -OCH3 is 1. The Bertz CT molecular complexity index is 753. The van der Waals surface area contributed by atoms with Crippen LogP contribution in [-0.2, 0) is 14.3 Å². The average Bonchev–Trinajstić information content (AvgIpc) is 3.22. The lowest BCUT2D eigenvalue weighted by Gasteiger charge is -2.19. The third kappa shape index (κ3) is 3.94. The number of rotatable bonds is 6. The summed E-state index contributed by atoms with van der Waals surface area (Å²) in [5.41, 5.74) is 0.253. The number of benzene rings is 1. The largest absolute Gasteiger partial charge is 0.465 e. The van der Waals surface area contributed by atoms with E-state index >= 15 is 0 Å². The van der Waals surface area contributed by atoms with Crippen LogP contribution in [0.25, 0.3) is 0 Å². The number of hydrogen-bond acceptors (Lipinski definition) is 5. The number of nitrogens with zero attached hydrogens (tertiary/aromatic N) is 1. The molecule has 27 heavy (non-hydrogen) atoms. The standard InChI is InChI=1S/C19H23N3O5/c1-27-16(24)13-6-8-14(9-7-13)20-15(23)5-4-12-22-17(25)19(21-18(22)26)10-2-3-11-19/h6-9H,2-5,10-12H2,1H3,(H,20,23)(H,21,26). The Morgan fingerprint density at radius 1 is 1.19 bits per heavy atom. The number of carbonyl (C=O) groups is 4. The van der Waals surface area contributed by atoms with Gasteiger partial charge in [-0.05, 0) is 43.5 Å². The van der Waals surface area contributed by atoms with Gasteiger partial charge in [-0.2, -0.15) is 0 Å². The van der Waals surface area contributed by atoms with Crippen LogP contribution in [-0.4, -0.2) is 47.9 Å². The Kier molecular flexibility index (Phi) is 5.43. The number of esters is 1. The highest BCUT2D eigenvalue weighted by Gasteiger charge is 2.51. The predicted octanol–water partition coefficient (Wildman–Crippen LogP) is 2.06. The van der Waals surface area contributed by atoms with Gasteiger partial charge in [0.15, 0.2) is 0 Å². The van der Waals surface area contributed by atoms with Crippen LogP contribution in [0.5, 0.6) is 0 Å². The molecule has 1 spiro atoms. The quantitative estimate of drug-likeness (QED) is 0.587. The Hall–Kier alpha value is -2.90. The number of imide groups is 1. The molecule has 2 fully saturated rings. The molecule has 3 rings (SSSR count). The van der Waals surface area contributed by atoms with E-state index in [1.807, 2.05) is 0 Å². The van der Waals surface area contributed by atoms with Gasteiger partial charge in [0.1, 0.15) is 5.54 Å². The van der Waals surface area contributed by atoms with E-state index in [9.17, 15) is 19.2 Å². The Labute approximate surface area is 157 Å². The van der Waals surface area contributed by atoms with E-state index in [2.05, 4.69) is 15.4 Å². The van der Waals surface area contributed by atoms with Crippen molar-refractivity contribution < 1.29 is 23.9 Å². The van der Waals surface area contributed by atoms with Crippen molar-refractivity contribution in [1.82, 2.24) is 10.2 Å². The summed E-state index contributed by atoms with van der Waals surface area (Å²) in [6.07, 6.45) is 3.84. The predicted molar refractivity (Wildman–Crippen MR) is 97.1 cm³/mol. The topological polar surface area (TPSA) is 105 Å². The van der Waals surface area contributed by atoms with Gasteiger partial charge in [0.25, 0.3) is 5.91 Å². The zero-order chi connectivity index (χ0) is 19.4. The molecule has 8 nitrogen and oxygen atoms in total. The summed E-state index contributed by atoms with van der Waals surface area (Å²) in [4.78, 5) is 49.3. The molecule has 4 amide bonds. The van der Waals surface area contributed by atoms with Gasteiger partial charge in [0.05, 0.1) is 12.7 Å². The second kappa shape index (κ2) is 7.77. The first kappa shape index (κ1) is 18.9. The lowest BCUT2D eigenvalue weighted by Crippen LogP contribution is -2.44. The van der Waals surface area contributed by atoms with Crippen molar-refractivity contribution in [1.29, 1.82) is 0 Å². The minimum atomic E-state index is -0.708. The number of carbonyl (C=O) groups excluding carboxylic acids is 4. The van der Waals surface area contributed by atoms with Crippen LogP contribution in [0.15, 0.2) is 24.3 Å². The summed E-state index contributed by atoms with van der Waals surface area (Å²) in [7, 11) is 1.30. The fourth-order valence-corrected chi connectivity index (χ4v) is 3.63. The van der Waals surface area contributed by atoms with Gasteiger partial charge in [-0.15, -0.1) is 0 Å². The van der Waals surface area contributed by atoms with Crippen LogP contribution in [0.2, 0.25) is 0 Å². The van der Waals surface area contributed by atoms with E-state index in [0.29, 0.717) is 30.5 Å². The number of hydrogen-bond donors (Lipinski definition) is 2. The first-order valence-electron chi connectivity index (χ1n) is 9.07. The van der Waals surface area contributed by atoms with Crippen LogP contribution in [0.1, 0.15) is 48.9 Å². The average molecular weight is 373 g/mol. The highest BCUT2D eigenvalue weighted by molar-refractivity contribution is 6.07. The lowest BCUT2D eigenvalue weighted by atomic mass is 9.98. The van der Waals surface area contributed by atoms with Crippen LogP contribution >= 0.6 is 0 Å². The summed E-state index contributed by atoms with van der Waals surface area (Å²) < 4.78 is 4.62. The van der Waals surface area contributed by atoms with Crippen molar-refractivity contribution in [2.24, 2.45) is 0 Å². The van der Waals surface area contributed by atoms with Crippen LogP contribution in [0, 0.1) is 0 Å². The van der Waals surface area contributed by atoms with E-state index in [-0.39, 0.29) is 30.8 Å². The number of amides is 4. The molecule has 0 bridgehead atoms. The zero-order valence-electron chi connectivity index (χ0n) is 15.2. The van der Waals surface area contributed by atoms with Crippen molar-refractivity contribution in [2.75, 3.05) is 19.0 Å². The van der Waals surface area contributed by atoms with Gasteiger partial charge in [0, 0.05) is 18.7 Å². The lowest BCUT2D eigenvalue weighted by molar-refractivity contribution is -0.131. The maximum absolute atomic E-state index is 12.5. The zero-order valence-corrected chi connectivity index (χ0v) is 15.2. The van der Waals surface area contributed by atoms with Crippen LogP contribution < -0.4 is 10.6 Å². The van der Waals surface area contributed by atoms with Crippen molar-refractivity contribution in [2.45, 2.75) is 44.1 Å². The van der Waals surface area contributed by atoms with Gasteiger partial charge in [-0.3, -0.25) is 14.5 Å². The molecule has 0 radical (unpaired) electrons. The maximum Gasteiger partial charge on any atom is 0.337 e. The molecule has 1 aliphatic heterocycles. The van der Waals surface area contributed by atoms with E-state index in [1.165, 1.54) is 12.0 Å². The number of ether oxygens (including phenoxy) is 1. The Morgan fingerprint density at radius 2 is 1.85 bits per heavy atom. The minimum Gasteiger partial charge on any atom is -0.465 e. The molecular weight excluding hydrogens is 350 g/mol. The molecule has 1 aromatic rings. The minimum absolute atomic E-state index is 0.163. The summed E-state index contributed by atoms with van der Waals surface area (Å²) in [5, 5.41) is 5.55. The maximum atomic E-state index is 12.5. The first-order valence-corrected chi connectivity index (χ1v) is 9.07. The van der Waals surface area contributed by atoms with Crippen LogP contribution in [0.3, 0.4) is 0 Å². The molecule has 8 heteroatoms. The number of nitrogens with one attached hydrogen (secondary N) is 2. The second-order valence-corrected chi connectivity index (χ2v) is 6.90. The van der Waals surface area contributed by atoms with Crippen molar-refractivity contribution >= 4 is 29.5 Å². The van der Waals surface area contributed by atoms with Gasteiger partial charge >= 0.3 is 12.0 Å². The SMILES string of the molecule is COC(=O)c1ccc(NC(=O)CCCN2C(=O)NC3(CCCC3)C2=O)cc1. The summed E-state index contributed by atoms with van der Waals surface area (Å²) >= 11 is 0. The van der Waals surface area contributed by atoms with Gasteiger partial charge in [-0.25, -0.2) is 9.59 Å². The molecule has 1 aromatic carbocycles. The second-order valence-electron chi connectivity index (χ2n) is 6.90. The van der Waals surface area contributed by atoms with E-state index < -0.39 is 11.5 Å². The van der Waals surface area contributed by atoms with E-state index in [4.69, 9.17) is 0 Å². The number of urea groups is 1. The van der Waals surface area contributed by atoms with E-state index in [0.717, 1.165) is 12.8 Å². The van der Waals surface area contributed by atoms with Crippen LogP contribution in [0.4, 0.5) is 10.5 Å². The smallest absolute Gasteiger partial charge is 0.337 e. The molecule has 1 aliphatic carbocycles. The molecule has 0 aromatic heterocycles. The monoisotopic (exact) mass is 373 g/mol. The molecule has 0 atom stereocenters. The molecule has 1 saturated carbocycles. The third-order valence-corrected chi connectivity index (χ3v) is 5.08. The highest BCUT2D eigenvalue weighted by atomic mass is 16.5. The molecule has 144 valence electrons. The fourth-order valence-electron chi connectivity index (χ4n) is 3.63. The summed E-state index contributed by atoms with van der Waals surface area (Å²) in [5.74, 6) is -0.825. The van der Waals surface area contributed by atoms with Gasteiger partial charge in [0.2, 0.25) is 5.91 Å². The number of anilines is 1. The summed E-state index contributed by atoms with van der Waals surface area (Å²) in [6, 6.07) is 6.00. The molecule has 2 N–H and O–H groups in total. The molecule has 2 aliphatic rings. The normalized spacial score (nSPS) is 17.9. The van der Waals surface area contributed by atoms with E-state index in [1.54, 1.807) is 24.3 Å². The van der Waals surface area contributed by atoms with Gasteiger partial charge < -0.3 is 15.4 Å². The van der Waals surface area contributed by atoms with Crippen molar-refractivity contribution in [3.05, 3.63) is 29.8 Å². The fraction of sp³-hybridized carbons (Fsp3) is 0.474. The first-order chi connectivity index (χ1) is 12.9. The molecule has 1 saturated heterocycles. The summed E-state index contributed by atoms with van der Waals surface area (Å²) in [6.45, 7) is 0.223. The van der Waals surface area contributed by atoms with Crippen molar-refractivity contribution in [3.8, 4) is 0 Å². The highest BCUT2D eigenvalue weighted by Crippen LogP contribution is 2.35. The molecule has 0 unspecified atom stereocenters. The Morgan fingerprint density at radius 3 is 2.48 bits per heavy atom. The molecule has 1 heterocycles. The Balaban J connectivity index is 1.46. The third-order valence-electron chi connectivity index (χ3n) is 5.08. The van der Waals surface area contributed by atoms with Gasteiger partial charge in [-0.1, -0.05) is 12.8 Å².